The van der Waals surface area contributed by atoms with Crippen LogP contribution in [0.5, 0.6) is 5.75 Å². The SMILES string of the molecule is CN1CCC(Oc2ccc(N)cc2C(=O)O)CC1. The molecule has 1 saturated heterocycles. The molecule has 1 heterocycles. The van der Waals surface area contributed by atoms with Gasteiger partial charge in [0, 0.05) is 18.8 Å². The molecule has 1 fully saturated rings. The van der Waals surface area contributed by atoms with Crippen LogP contribution in [0.15, 0.2) is 18.2 Å². The summed E-state index contributed by atoms with van der Waals surface area (Å²) in [4.78, 5) is 13.4. The zero-order valence-electron chi connectivity index (χ0n) is 10.4. The van der Waals surface area contributed by atoms with Crippen LogP contribution >= 0.6 is 0 Å². The van der Waals surface area contributed by atoms with Gasteiger partial charge in [0.05, 0.1) is 0 Å². The standard InChI is InChI=1S/C13H18N2O3/c1-15-6-4-10(5-7-15)18-12-3-2-9(14)8-11(12)13(16)17/h2-3,8,10H,4-7,14H2,1H3,(H,16,17). The van der Waals surface area contributed by atoms with Gasteiger partial charge < -0.3 is 20.5 Å². The van der Waals surface area contributed by atoms with Gasteiger partial charge in [-0.3, -0.25) is 0 Å². The number of aromatic carboxylic acids is 1. The highest BCUT2D eigenvalue weighted by atomic mass is 16.5. The number of ether oxygens (including phenoxy) is 1. The lowest BCUT2D eigenvalue weighted by atomic mass is 10.1. The first kappa shape index (κ1) is 12.7. The summed E-state index contributed by atoms with van der Waals surface area (Å²) in [6.07, 6.45) is 1.92. The molecule has 5 nitrogen and oxygen atoms in total. The van der Waals surface area contributed by atoms with E-state index in [1.165, 1.54) is 6.07 Å². The molecule has 0 amide bonds. The molecule has 0 spiro atoms. The lowest BCUT2D eigenvalue weighted by Gasteiger charge is -2.29. The summed E-state index contributed by atoms with van der Waals surface area (Å²) in [6, 6.07) is 4.74. The molecule has 0 unspecified atom stereocenters. The Morgan fingerprint density at radius 2 is 2.11 bits per heavy atom. The summed E-state index contributed by atoms with van der Waals surface area (Å²) in [5.74, 6) is -0.600. The van der Waals surface area contributed by atoms with Gasteiger partial charge in [0.1, 0.15) is 17.4 Å². The van der Waals surface area contributed by atoms with Gasteiger partial charge in [0.2, 0.25) is 0 Å². The van der Waals surface area contributed by atoms with Crippen LogP contribution in [-0.4, -0.2) is 42.2 Å². The third-order valence-corrected chi connectivity index (χ3v) is 3.19. The summed E-state index contributed by atoms with van der Waals surface area (Å²) in [6.45, 7) is 1.95. The van der Waals surface area contributed by atoms with Crippen LogP contribution in [-0.2, 0) is 0 Å². The molecule has 2 rings (SSSR count). The number of nitrogen functional groups attached to an aromatic ring is 1. The minimum atomic E-state index is -1.01. The van der Waals surface area contributed by atoms with Gasteiger partial charge in [-0.05, 0) is 38.1 Å². The second kappa shape index (κ2) is 5.27. The Morgan fingerprint density at radius 3 is 2.72 bits per heavy atom. The van der Waals surface area contributed by atoms with E-state index >= 15 is 0 Å². The molecule has 0 aliphatic carbocycles. The molecule has 98 valence electrons. The Kier molecular flexibility index (Phi) is 3.72. The number of carboxylic acids is 1. The average Bonchev–Trinajstić information content (AvgIpc) is 2.34. The molecule has 0 aromatic heterocycles. The molecular formula is C13H18N2O3. The lowest BCUT2D eigenvalue weighted by Crippen LogP contribution is -2.35. The minimum Gasteiger partial charge on any atom is -0.489 e. The van der Waals surface area contributed by atoms with Crippen LogP contribution in [0.2, 0.25) is 0 Å². The highest BCUT2D eigenvalue weighted by Gasteiger charge is 2.20. The maximum Gasteiger partial charge on any atom is 0.339 e. The first-order chi connectivity index (χ1) is 8.56. The summed E-state index contributed by atoms with van der Waals surface area (Å²) in [7, 11) is 2.07. The Labute approximate surface area is 106 Å². The van der Waals surface area contributed by atoms with Gasteiger partial charge in [-0.25, -0.2) is 4.79 Å². The zero-order chi connectivity index (χ0) is 13.1. The number of benzene rings is 1. The van der Waals surface area contributed by atoms with Crippen molar-refractivity contribution in [3.05, 3.63) is 23.8 Å². The van der Waals surface area contributed by atoms with E-state index in [-0.39, 0.29) is 11.7 Å². The molecule has 0 atom stereocenters. The van der Waals surface area contributed by atoms with E-state index in [0.29, 0.717) is 11.4 Å². The van der Waals surface area contributed by atoms with Crippen LogP contribution in [0.3, 0.4) is 0 Å². The molecular weight excluding hydrogens is 232 g/mol. The van der Waals surface area contributed by atoms with Crippen LogP contribution in [0.4, 0.5) is 5.69 Å². The first-order valence-corrected chi connectivity index (χ1v) is 6.04. The van der Waals surface area contributed by atoms with Gasteiger partial charge in [0.15, 0.2) is 0 Å². The molecule has 18 heavy (non-hydrogen) atoms. The van der Waals surface area contributed by atoms with E-state index in [1.807, 2.05) is 0 Å². The predicted octanol–water partition coefficient (Wildman–Crippen LogP) is 1.44. The van der Waals surface area contributed by atoms with Gasteiger partial charge in [0.25, 0.3) is 0 Å². The lowest BCUT2D eigenvalue weighted by molar-refractivity contribution is 0.0681. The van der Waals surface area contributed by atoms with E-state index in [4.69, 9.17) is 15.6 Å². The topological polar surface area (TPSA) is 75.8 Å². The number of nitrogens with zero attached hydrogens (tertiary/aromatic N) is 1. The number of piperidine rings is 1. The van der Waals surface area contributed by atoms with Gasteiger partial charge in [-0.15, -0.1) is 0 Å². The number of nitrogens with two attached hydrogens (primary N) is 1. The van der Waals surface area contributed by atoms with E-state index in [9.17, 15) is 4.79 Å². The van der Waals surface area contributed by atoms with Crippen LogP contribution in [0, 0.1) is 0 Å². The molecule has 1 aromatic rings. The van der Waals surface area contributed by atoms with Crippen molar-refractivity contribution in [2.24, 2.45) is 0 Å². The maximum absolute atomic E-state index is 11.1. The molecule has 1 aliphatic rings. The number of rotatable bonds is 3. The van der Waals surface area contributed by atoms with Gasteiger partial charge in [-0.1, -0.05) is 0 Å². The van der Waals surface area contributed by atoms with Crippen molar-refractivity contribution in [2.45, 2.75) is 18.9 Å². The van der Waals surface area contributed by atoms with Crippen LogP contribution in [0.1, 0.15) is 23.2 Å². The van der Waals surface area contributed by atoms with Crippen LogP contribution in [0.25, 0.3) is 0 Å². The van der Waals surface area contributed by atoms with Crippen LogP contribution < -0.4 is 10.5 Å². The molecule has 0 bridgehead atoms. The Hall–Kier alpha value is -1.75. The largest absolute Gasteiger partial charge is 0.489 e. The third-order valence-electron chi connectivity index (χ3n) is 3.19. The third kappa shape index (κ3) is 2.92. The Bertz CT molecular complexity index is 440. The van der Waals surface area contributed by atoms with Crippen molar-refractivity contribution < 1.29 is 14.6 Å². The predicted molar refractivity (Wildman–Crippen MR) is 69.0 cm³/mol. The maximum atomic E-state index is 11.1. The number of likely N-dealkylation sites (tertiary alicyclic amines) is 1. The van der Waals surface area contributed by atoms with Gasteiger partial charge in [-0.2, -0.15) is 0 Å². The van der Waals surface area contributed by atoms with Crippen molar-refractivity contribution in [3.63, 3.8) is 0 Å². The smallest absolute Gasteiger partial charge is 0.339 e. The molecule has 0 radical (unpaired) electrons. The number of anilines is 1. The quantitative estimate of drug-likeness (QED) is 0.794. The molecule has 1 aliphatic heterocycles. The molecule has 0 saturated carbocycles. The Balaban J connectivity index is 2.11. The summed E-state index contributed by atoms with van der Waals surface area (Å²) < 4.78 is 5.79. The highest BCUT2D eigenvalue weighted by molar-refractivity contribution is 5.92. The highest BCUT2D eigenvalue weighted by Crippen LogP contribution is 2.25. The van der Waals surface area contributed by atoms with Crippen molar-refractivity contribution in [2.75, 3.05) is 25.9 Å². The second-order valence-corrected chi connectivity index (χ2v) is 4.68. The molecule has 1 aromatic carbocycles. The van der Waals surface area contributed by atoms with E-state index in [1.54, 1.807) is 12.1 Å². The molecule has 3 N–H and O–H groups in total. The number of hydrogen-bond donors (Lipinski definition) is 2. The number of hydrogen-bond acceptors (Lipinski definition) is 4. The summed E-state index contributed by atoms with van der Waals surface area (Å²) in [5.41, 5.74) is 6.16. The van der Waals surface area contributed by atoms with Crippen molar-refractivity contribution in [1.82, 2.24) is 4.90 Å². The van der Waals surface area contributed by atoms with Crippen molar-refractivity contribution in [3.8, 4) is 5.75 Å². The van der Waals surface area contributed by atoms with Crippen molar-refractivity contribution >= 4 is 11.7 Å². The second-order valence-electron chi connectivity index (χ2n) is 4.68. The van der Waals surface area contributed by atoms with Crippen molar-refractivity contribution in [1.29, 1.82) is 0 Å². The van der Waals surface area contributed by atoms with E-state index < -0.39 is 5.97 Å². The fourth-order valence-corrected chi connectivity index (χ4v) is 2.10. The minimum absolute atomic E-state index is 0.0860. The van der Waals surface area contributed by atoms with Gasteiger partial charge >= 0.3 is 5.97 Å². The molecule has 5 heteroatoms. The van der Waals surface area contributed by atoms with E-state index in [2.05, 4.69) is 11.9 Å². The fraction of sp³-hybridized carbons (Fsp3) is 0.462. The monoisotopic (exact) mass is 250 g/mol. The summed E-state index contributed by atoms with van der Waals surface area (Å²) in [5, 5.41) is 9.12. The zero-order valence-corrected chi connectivity index (χ0v) is 10.4. The fourth-order valence-electron chi connectivity index (χ4n) is 2.10. The normalized spacial score (nSPS) is 17.6. The average molecular weight is 250 g/mol. The number of carbonyl (C=O) groups is 1. The summed E-state index contributed by atoms with van der Waals surface area (Å²) >= 11 is 0. The first-order valence-electron chi connectivity index (χ1n) is 6.04. The van der Waals surface area contributed by atoms with E-state index in [0.717, 1.165) is 25.9 Å². The Morgan fingerprint density at radius 1 is 1.44 bits per heavy atom. The number of carboxylic acid groups (broad SMARTS) is 1.